The highest BCUT2D eigenvalue weighted by Gasteiger charge is 1.91. The number of hydrogen-bond acceptors (Lipinski definition) is 2. The van der Waals surface area contributed by atoms with Crippen LogP contribution in [0.4, 0.5) is 0 Å². The topological polar surface area (TPSA) is 21.3 Å². The number of hydrogen-bond donors (Lipinski definition) is 1. The van der Waals surface area contributed by atoms with Gasteiger partial charge in [0.1, 0.15) is 0 Å². The van der Waals surface area contributed by atoms with Gasteiger partial charge in [-0.3, -0.25) is 0 Å². The van der Waals surface area contributed by atoms with Gasteiger partial charge >= 0.3 is 0 Å². The van der Waals surface area contributed by atoms with E-state index in [1.54, 1.807) is 0 Å². The van der Waals surface area contributed by atoms with Crippen LogP contribution >= 0.6 is 0 Å². The lowest BCUT2D eigenvalue weighted by Gasteiger charge is -2.05. The summed E-state index contributed by atoms with van der Waals surface area (Å²) < 4.78 is 5.54. The fraction of sp³-hybridized carbons (Fsp3) is 0.429. The van der Waals surface area contributed by atoms with Crippen LogP contribution in [-0.4, -0.2) is 19.7 Å². The Hall–Kier alpha value is -1.12. The zero-order valence-corrected chi connectivity index (χ0v) is 9.82. The summed E-state index contributed by atoms with van der Waals surface area (Å²) in [5, 5.41) is 3.33. The summed E-state index contributed by atoms with van der Waals surface area (Å²) in [5.41, 5.74) is 1.23. The second-order valence-corrected chi connectivity index (χ2v) is 3.72. The van der Waals surface area contributed by atoms with E-state index in [1.807, 2.05) is 24.3 Å². The minimum Gasteiger partial charge on any atom is -0.375 e. The van der Waals surface area contributed by atoms with Crippen molar-refractivity contribution in [3.05, 3.63) is 48.6 Å². The van der Waals surface area contributed by atoms with Gasteiger partial charge in [-0.2, -0.15) is 0 Å². The Kier molecular flexibility index (Phi) is 7.39. The van der Waals surface area contributed by atoms with E-state index in [2.05, 4.69) is 24.0 Å². The molecule has 1 rings (SSSR count). The summed E-state index contributed by atoms with van der Waals surface area (Å²) in [5.74, 6) is 0. The third kappa shape index (κ3) is 6.38. The Morgan fingerprint density at radius 3 is 2.75 bits per heavy atom. The predicted octanol–water partition coefficient (Wildman–Crippen LogP) is 2.76. The summed E-state index contributed by atoms with van der Waals surface area (Å²) in [4.78, 5) is 0. The molecule has 0 atom stereocenters. The highest BCUT2D eigenvalue weighted by Crippen LogP contribution is 1.99. The van der Waals surface area contributed by atoms with E-state index in [-0.39, 0.29) is 0 Å². The van der Waals surface area contributed by atoms with E-state index in [9.17, 15) is 0 Å². The van der Waals surface area contributed by atoms with Gasteiger partial charge in [0.15, 0.2) is 0 Å². The monoisotopic (exact) mass is 219 g/mol. The lowest BCUT2D eigenvalue weighted by atomic mass is 10.2. The molecule has 0 unspecified atom stereocenters. The van der Waals surface area contributed by atoms with E-state index in [4.69, 9.17) is 4.74 Å². The molecule has 0 spiro atoms. The number of nitrogens with one attached hydrogen (secondary N) is 1. The number of unbranched alkanes of at least 4 members (excludes halogenated alkanes) is 1. The second-order valence-electron chi connectivity index (χ2n) is 3.72. The third-order valence-corrected chi connectivity index (χ3v) is 2.30. The zero-order chi connectivity index (χ0) is 11.5. The van der Waals surface area contributed by atoms with Crippen LogP contribution in [0, 0.1) is 0 Å². The quantitative estimate of drug-likeness (QED) is 0.509. The normalized spacial score (nSPS) is 10.2. The maximum atomic E-state index is 5.54. The van der Waals surface area contributed by atoms with Crippen LogP contribution in [0.1, 0.15) is 18.4 Å². The maximum absolute atomic E-state index is 5.54. The molecule has 0 aliphatic heterocycles. The largest absolute Gasteiger partial charge is 0.375 e. The summed E-state index contributed by atoms with van der Waals surface area (Å²) in [6.45, 7) is 7.12. The lowest BCUT2D eigenvalue weighted by molar-refractivity contribution is 0.123. The van der Waals surface area contributed by atoms with Crippen LogP contribution in [0.25, 0.3) is 0 Å². The van der Waals surface area contributed by atoms with Gasteiger partial charge < -0.3 is 10.1 Å². The van der Waals surface area contributed by atoms with Crippen molar-refractivity contribution in [3.8, 4) is 0 Å². The van der Waals surface area contributed by atoms with Gasteiger partial charge in [-0.05, 0) is 24.9 Å². The Labute approximate surface area is 98.3 Å². The molecule has 16 heavy (non-hydrogen) atoms. The van der Waals surface area contributed by atoms with Crippen molar-refractivity contribution >= 4 is 0 Å². The molecule has 0 saturated heterocycles. The molecule has 2 heteroatoms. The molecular formula is C14H21NO. The summed E-state index contributed by atoms with van der Waals surface area (Å²) in [6, 6.07) is 10.2. The number of rotatable bonds is 9. The van der Waals surface area contributed by atoms with Crippen molar-refractivity contribution in [1.82, 2.24) is 5.32 Å². The van der Waals surface area contributed by atoms with Crippen LogP contribution in [0.5, 0.6) is 0 Å². The summed E-state index contributed by atoms with van der Waals surface area (Å²) in [6.07, 6.45) is 4.19. The van der Waals surface area contributed by atoms with Gasteiger partial charge in [0, 0.05) is 6.54 Å². The third-order valence-electron chi connectivity index (χ3n) is 2.30. The number of allylic oxidation sites excluding steroid dienone is 1. The molecule has 0 radical (unpaired) electrons. The van der Waals surface area contributed by atoms with Gasteiger partial charge in [0.2, 0.25) is 0 Å². The van der Waals surface area contributed by atoms with E-state index in [0.717, 1.165) is 32.5 Å². The van der Waals surface area contributed by atoms with Crippen molar-refractivity contribution in [2.45, 2.75) is 19.4 Å². The molecule has 0 saturated carbocycles. The molecule has 1 N–H and O–H groups in total. The first-order chi connectivity index (χ1) is 7.93. The molecular weight excluding hydrogens is 198 g/mol. The van der Waals surface area contributed by atoms with E-state index >= 15 is 0 Å². The van der Waals surface area contributed by atoms with Crippen LogP contribution in [0.2, 0.25) is 0 Å². The van der Waals surface area contributed by atoms with E-state index in [1.165, 1.54) is 5.56 Å². The average molecular weight is 219 g/mol. The predicted molar refractivity (Wildman–Crippen MR) is 68.4 cm³/mol. The second kappa shape index (κ2) is 9.13. The van der Waals surface area contributed by atoms with Crippen LogP contribution in [0.15, 0.2) is 43.0 Å². The first-order valence-corrected chi connectivity index (χ1v) is 5.87. The molecule has 0 aliphatic rings. The van der Waals surface area contributed by atoms with E-state index < -0.39 is 0 Å². The van der Waals surface area contributed by atoms with Crippen molar-refractivity contribution in [2.75, 3.05) is 19.7 Å². The first kappa shape index (κ1) is 12.9. The fourth-order valence-electron chi connectivity index (χ4n) is 1.40. The highest BCUT2D eigenvalue weighted by atomic mass is 16.5. The molecule has 0 aliphatic carbocycles. The standard InChI is InChI=1S/C14H21NO/c1-2-3-7-10-15-11-12-16-13-14-8-5-4-6-9-14/h2,4-6,8-9,15H,1,3,7,10-13H2. The number of ether oxygens (including phenoxy) is 1. The summed E-state index contributed by atoms with van der Waals surface area (Å²) in [7, 11) is 0. The molecule has 0 heterocycles. The molecule has 2 nitrogen and oxygen atoms in total. The highest BCUT2D eigenvalue weighted by molar-refractivity contribution is 5.13. The Balaban J connectivity index is 1.90. The maximum Gasteiger partial charge on any atom is 0.0717 e. The van der Waals surface area contributed by atoms with Crippen LogP contribution in [0.3, 0.4) is 0 Å². The van der Waals surface area contributed by atoms with Crippen molar-refractivity contribution in [1.29, 1.82) is 0 Å². The number of benzene rings is 1. The van der Waals surface area contributed by atoms with Crippen molar-refractivity contribution in [3.63, 3.8) is 0 Å². The van der Waals surface area contributed by atoms with Crippen LogP contribution < -0.4 is 5.32 Å². The first-order valence-electron chi connectivity index (χ1n) is 5.87. The minimum atomic E-state index is 0.704. The Morgan fingerprint density at radius 2 is 2.00 bits per heavy atom. The van der Waals surface area contributed by atoms with Gasteiger partial charge in [-0.15, -0.1) is 6.58 Å². The molecule has 0 aromatic heterocycles. The molecule has 0 amide bonds. The minimum absolute atomic E-state index is 0.704. The molecule has 1 aromatic carbocycles. The Bertz CT molecular complexity index is 271. The molecule has 0 fully saturated rings. The Morgan fingerprint density at radius 1 is 1.19 bits per heavy atom. The fourth-order valence-corrected chi connectivity index (χ4v) is 1.40. The van der Waals surface area contributed by atoms with Crippen molar-refractivity contribution < 1.29 is 4.74 Å². The summed E-state index contributed by atoms with van der Waals surface area (Å²) >= 11 is 0. The average Bonchev–Trinajstić information content (AvgIpc) is 2.34. The van der Waals surface area contributed by atoms with Gasteiger partial charge in [-0.25, -0.2) is 0 Å². The smallest absolute Gasteiger partial charge is 0.0717 e. The molecule has 1 aromatic rings. The zero-order valence-electron chi connectivity index (χ0n) is 9.82. The SMILES string of the molecule is C=CCCCNCCOCc1ccccc1. The van der Waals surface area contributed by atoms with Gasteiger partial charge in [-0.1, -0.05) is 36.4 Å². The van der Waals surface area contributed by atoms with Crippen molar-refractivity contribution in [2.24, 2.45) is 0 Å². The van der Waals surface area contributed by atoms with Gasteiger partial charge in [0.05, 0.1) is 13.2 Å². The lowest BCUT2D eigenvalue weighted by Crippen LogP contribution is -2.20. The van der Waals surface area contributed by atoms with Crippen LogP contribution in [-0.2, 0) is 11.3 Å². The van der Waals surface area contributed by atoms with Gasteiger partial charge in [0.25, 0.3) is 0 Å². The van der Waals surface area contributed by atoms with E-state index in [0.29, 0.717) is 6.61 Å². The molecule has 0 bridgehead atoms. The molecule has 88 valence electrons.